The normalized spacial score (nSPS) is 20.3. The lowest BCUT2D eigenvalue weighted by Crippen LogP contribution is -2.41. The highest BCUT2D eigenvalue weighted by Gasteiger charge is 2.36. The standard InChI is InChI=1S/C25H29FN2O3/c1-27-20-9-10-21(27)16-22(15-20)28(25(29)18-5-7-19(26)8-6-18)13-12-17-4-11-23(30-2)24(14-17)31-3/h4-8,11,14-15,20-21H,9-10,12-13,16H2,1-3H3/t20-,21+/m0/s1. The Hall–Kier alpha value is -2.86. The largest absolute Gasteiger partial charge is 0.493 e. The summed E-state index contributed by atoms with van der Waals surface area (Å²) in [5.74, 6) is 0.925. The van der Waals surface area contributed by atoms with Gasteiger partial charge in [-0.2, -0.15) is 0 Å². The van der Waals surface area contributed by atoms with Gasteiger partial charge in [0.2, 0.25) is 0 Å². The summed E-state index contributed by atoms with van der Waals surface area (Å²) in [6.45, 7) is 0.542. The number of rotatable bonds is 7. The molecule has 0 radical (unpaired) electrons. The molecule has 1 amide bonds. The van der Waals surface area contributed by atoms with Crippen molar-refractivity contribution in [1.29, 1.82) is 0 Å². The van der Waals surface area contributed by atoms with Crippen molar-refractivity contribution in [3.63, 3.8) is 0 Å². The molecule has 31 heavy (non-hydrogen) atoms. The number of carbonyl (C=O) groups excluding carboxylic acids is 1. The second kappa shape index (κ2) is 9.10. The van der Waals surface area contributed by atoms with Crippen molar-refractivity contribution in [3.8, 4) is 11.5 Å². The fourth-order valence-electron chi connectivity index (χ4n) is 4.62. The van der Waals surface area contributed by atoms with E-state index >= 15 is 0 Å². The third kappa shape index (κ3) is 4.44. The number of ether oxygens (including phenoxy) is 2. The zero-order chi connectivity index (χ0) is 22.0. The maximum atomic E-state index is 13.4. The number of likely N-dealkylation sites (N-methyl/N-ethyl adjacent to an activating group) is 1. The molecule has 0 unspecified atom stereocenters. The molecule has 164 valence electrons. The Morgan fingerprint density at radius 1 is 1.10 bits per heavy atom. The summed E-state index contributed by atoms with van der Waals surface area (Å²) in [6.07, 6.45) is 6.04. The number of hydrogen-bond donors (Lipinski definition) is 0. The van der Waals surface area contributed by atoms with Crippen LogP contribution in [-0.2, 0) is 6.42 Å². The summed E-state index contributed by atoms with van der Waals surface area (Å²) in [5.41, 5.74) is 2.63. The molecule has 0 spiro atoms. The zero-order valence-corrected chi connectivity index (χ0v) is 18.3. The molecule has 2 aliphatic heterocycles. The topological polar surface area (TPSA) is 42.0 Å². The molecular weight excluding hydrogens is 395 g/mol. The highest BCUT2D eigenvalue weighted by atomic mass is 19.1. The molecule has 2 atom stereocenters. The fourth-order valence-corrected chi connectivity index (χ4v) is 4.62. The lowest BCUT2D eigenvalue weighted by Gasteiger charge is -2.35. The number of fused-ring (bicyclic) bond motifs is 2. The number of carbonyl (C=O) groups is 1. The smallest absolute Gasteiger partial charge is 0.258 e. The highest BCUT2D eigenvalue weighted by Crippen LogP contribution is 2.35. The Morgan fingerprint density at radius 2 is 1.84 bits per heavy atom. The minimum atomic E-state index is -0.343. The summed E-state index contributed by atoms with van der Waals surface area (Å²) in [6, 6.07) is 12.5. The maximum absolute atomic E-state index is 13.4. The molecule has 0 aliphatic carbocycles. The molecule has 2 bridgehead atoms. The van der Waals surface area contributed by atoms with E-state index in [1.54, 1.807) is 26.4 Å². The van der Waals surface area contributed by atoms with E-state index in [-0.39, 0.29) is 11.7 Å². The lowest BCUT2D eigenvalue weighted by atomic mass is 10.0. The molecule has 2 aromatic carbocycles. The van der Waals surface area contributed by atoms with Crippen LogP contribution in [0.5, 0.6) is 11.5 Å². The minimum absolute atomic E-state index is 0.0873. The van der Waals surface area contributed by atoms with Crippen LogP contribution in [0.1, 0.15) is 35.2 Å². The summed E-state index contributed by atoms with van der Waals surface area (Å²) >= 11 is 0. The monoisotopic (exact) mass is 424 g/mol. The molecule has 4 rings (SSSR count). The minimum Gasteiger partial charge on any atom is -0.493 e. The molecule has 1 saturated heterocycles. The van der Waals surface area contributed by atoms with Crippen LogP contribution in [-0.4, -0.2) is 55.6 Å². The lowest BCUT2D eigenvalue weighted by molar-refractivity contribution is 0.0787. The van der Waals surface area contributed by atoms with Crippen molar-refractivity contribution in [2.75, 3.05) is 27.8 Å². The second-order valence-corrected chi connectivity index (χ2v) is 8.23. The van der Waals surface area contributed by atoms with Gasteiger partial charge in [-0.15, -0.1) is 0 Å². The van der Waals surface area contributed by atoms with Gasteiger partial charge in [-0.1, -0.05) is 6.07 Å². The van der Waals surface area contributed by atoms with E-state index in [4.69, 9.17) is 9.47 Å². The Balaban J connectivity index is 1.59. The Bertz CT molecular complexity index is 973. The van der Waals surface area contributed by atoms with Crippen molar-refractivity contribution >= 4 is 5.91 Å². The number of amides is 1. The van der Waals surface area contributed by atoms with Crippen LogP contribution in [0, 0.1) is 5.82 Å². The Kier molecular flexibility index (Phi) is 6.28. The van der Waals surface area contributed by atoms with Crippen LogP contribution >= 0.6 is 0 Å². The number of nitrogens with zero attached hydrogens (tertiary/aromatic N) is 2. The number of hydrogen-bond acceptors (Lipinski definition) is 4. The van der Waals surface area contributed by atoms with Crippen LogP contribution in [0.3, 0.4) is 0 Å². The van der Waals surface area contributed by atoms with E-state index in [1.165, 1.54) is 12.1 Å². The molecule has 2 aliphatic rings. The van der Waals surface area contributed by atoms with E-state index in [0.29, 0.717) is 42.1 Å². The van der Waals surface area contributed by atoms with Crippen LogP contribution in [0.15, 0.2) is 54.2 Å². The van der Waals surface area contributed by atoms with E-state index in [0.717, 1.165) is 30.5 Å². The summed E-state index contributed by atoms with van der Waals surface area (Å²) < 4.78 is 24.1. The molecule has 0 saturated carbocycles. The average Bonchev–Trinajstić information content (AvgIpc) is 2.99. The van der Waals surface area contributed by atoms with Crippen LogP contribution in [0.2, 0.25) is 0 Å². The van der Waals surface area contributed by atoms with E-state index < -0.39 is 0 Å². The Morgan fingerprint density at radius 3 is 2.52 bits per heavy atom. The molecule has 0 N–H and O–H groups in total. The molecule has 2 heterocycles. The first-order valence-corrected chi connectivity index (χ1v) is 10.7. The molecule has 0 aromatic heterocycles. The summed E-state index contributed by atoms with van der Waals surface area (Å²) in [5, 5.41) is 0. The predicted octanol–water partition coefficient (Wildman–Crippen LogP) is 4.28. The van der Waals surface area contributed by atoms with Gasteiger partial charge >= 0.3 is 0 Å². The third-order valence-electron chi connectivity index (χ3n) is 6.48. The average molecular weight is 425 g/mol. The van der Waals surface area contributed by atoms with Gasteiger partial charge in [0.25, 0.3) is 5.91 Å². The van der Waals surface area contributed by atoms with Crippen LogP contribution in [0.4, 0.5) is 4.39 Å². The Labute approximate surface area is 183 Å². The van der Waals surface area contributed by atoms with Crippen LogP contribution < -0.4 is 9.47 Å². The van der Waals surface area contributed by atoms with Crippen molar-refractivity contribution < 1.29 is 18.7 Å². The van der Waals surface area contributed by atoms with Gasteiger partial charge in [-0.05, 0) is 74.3 Å². The number of halogens is 1. The van der Waals surface area contributed by atoms with E-state index in [9.17, 15) is 9.18 Å². The van der Waals surface area contributed by atoms with Crippen molar-refractivity contribution in [2.45, 2.75) is 37.8 Å². The molecule has 1 fully saturated rings. The molecule has 6 heteroatoms. The van der Waals surface area contributed by atoms with Gasteiger partial charge in [-0.25, -0.2) is 4.39 Å². The first-order valence-electron chi connectivity index (χ1n) is 10.7. The maximum Gasteiger partial charge on any atom is 0.258 e. The zero-order valence-electron chi connectivity index (χ0n) is 18.3. The van der Waals surface area contributed by atoms with Crippen molar-refractivity contribution in [1.82, 2.24) is 9.80 Å². The fraction of sp³-hybridized carbons (Fsp3) is 0.400. The van der Waals surface area contributed by atoms with E-state index in [1.807, 2.05) is 23.1 Å². The van der Waals surface area contributed by atoms with Gasteiger partial charge in [0, 0.05) is 36.3 Å². The molecule has 5 nitrogen and oxygen atoms in total. The summed E-state index contributed by atoms with van der Waals surface area (Å²) in [7, 11) is 5.39. The van der Waals surface area contributed by atoms with Gasteiger partial charge in [-0.3, -0.25) is 9.69 Å². The summed E-state index contributed by atoms with van der Waals surface area (Å²) in [4.78, 5) is 17.7. The molecular formula is C25H29FN2O3. The molecule has 2 aromatic rings. The predicted molar refractivity (Wildman–Crippen MR) is 118 cm³/mol. The van der Waals surface area contributed by atoms with Crippen molar-refractivity contribution in [3.05, 3.63) is 71.2 Å². The van der Waals surface area contributed by atoms with E-state index in [2.05, 4.69) is 18.0 Å². The van der Waals surface area contributed by atoms with Crippen molar-refractivity contribution in [2.24, 2.45) is 0 Å². The quantitative estimate of drug-likeness (QED) is 0.666. The first kappa shape index (κ1) is 21.4. The van der Waals surface area contributed by atoms with Gasteiger partial charge < -0.3 is 14.4 Å². The highest BCUT2D eigenvalue weighted by molar-refractivity contribution is 5.95. The SMILES string of the molecule is COc1ccc(CCN(C(=O)c2ccc(F)cc2)C2=C[C@@H]3CC[C@H](C2)N3C)cc1OC. The van der Waals surface area contributed by atoms with Gasteiger partial charge in [0.15, 0.2) is 11.5 Å². The third-order valence-corrected chi connectivity index (χ3v) is 6.48. The van der Waals surface area contributed by atoms with Gasteiger partial charge in [0.05, 0.1) is 14.2 Å². The van der Waals surface area contributed by atoms with Crippen LogP contribution in [0.25, 0.3) is 0 Å². The first-order chi connectivity index (χ1) is 15.0. The van der Waals surface area contributed by atoms with Gasteiger partial charge in [0.1, 0.15) is 5.82 Å². The second-order valence-electron chi connectivity index (χ2n) is 8.23. The number of methoxy groups -OCH3 is 2. The number of benzene rings is 2.